The highest BCUT2D eigenvalue weighted by atomic mass is 32.1. The predicted octanol–water partition coefficient (Wildman–Crippen LogP) is 2.26. The van der Waals surface area contributed by atoms with Crippen LogP contribution < -0.4 is 10.2 Å². The van der Waals surface area contributed by atoms with Crippen molar-refractivity contribution < 1.29 is 4.74 Å². The van der Waals surface area contributed by atoms with Crippen LogP contribution in [0.2, 0.25) is 0 Å². The molecule has 3 heterocycles. The molecule has 2 aliphatic rings. The lowest BCUT2D eigenvalue weighted by Gasteiger charge is -2.45. The van der Waals surface area contributed by atoms with Crippen molar-refractivity contribution in [2.75, 3.05) is 37.7 Å². The van der Waals surface area contributed by atoms with Gasteiger partial charge >= 0.3 is 0 Å². The highest BCUT2D eigenvalue weighted by molar-refractivity contribution is 7.13. The molecule has 2 saturated heterocycles. The Kier molecular flexibility index (Phi) is 3.13. The van der Waals surface area contributed by atoms with E-state index in [2.05, 4.69) is 34.5 Å². The molecule has 4 rings (SSSR count). The molecule has 2 aliphatic heterocycles. The van der Waals surface area contributed by atoms with Gasteiger partial charge in [-0.25, -0.2) is 0 Å². The van der Waals surface area contributed by atoms with E-state index in [-0.39, 0.29) is 5.60 Å². The van der Waals surface area contributed by atoms with Gasteiger partial charge in [-0.1, -0.05) is 12.1 Å². The fourth-order valence-corrected chi connectivity index (χ4v) is 4.11. The van der Waals surface area contributed by atoms with Crippen LogP contribution in [0.4, 0.5) is 5.82 Å². The Morgan fingerprint density at radius 2 is 2.10 bits per heavy atom. The number of ether oxygens (including phenoxy) is 1. The van der Waals surface area contributed by atoms with Crippen molar-refractivity contribution in [3.05, 3.63) is 24.3 Å². The molecule has 1 spiro atoms. The lowest BCUT2D eigenvalue weighted by Crippen LogP contribution is -2.56. The molecule has 5 heteroatoms. The number of nitrogens with zero attached hydrogens (tertiary/aromatic N) is 2. The summed E-state index contributed by atoms with van der Waals surface area (Å²) < 4.78 is 12.1. The van der Waals surface area contributed by atoms with E-state index in [1.54, 1.807) is 11.5 Å². The standard InChI is InChI=1S/C15H19N3OS/c1-2-4-13-12(3-1)14(17-20-13)18-9-10-19-15(11-18)5-7-16-8-6-15/h1-4,16H,5-11H2. The molecule has 1 aromatic heterocycles. The summed E-state index contributed by atoms with van der Waals surface area (Å²) in [5, 5.41) is 4.70. The van der Waals surface area contributed by atoms with Crippen molar-refractivity contribution in [2.45, 2.75) is 18.4 Å². The van der Waals surface area contributed by atoms with Crippen molar-refractivity contribution in [3.8, 4) is 0 Å². The van der Waals surface area contributed by atoms with Crippen molar-refractivity contribution in [1.29, 1.82) is 0 Å². The topological polar surface area (TPSA) is 37.4 Å². The Balaban J connectivity index is 1.64. The average molecular weight is 289 g/mol. The molecular weight excluding hydrogens is 270 g/mol. The zero-order chi connectivity index (χ0) is 13.4. The molecule has 2 aromatic rings. The number of aromatic nitrogens is 1. The summed E-state index contributed by atoms with van der Waals surface area (Å²) in [7, 11) is 0. The molecule has 0 radical (unpaired) electrons. The smallest absolute Gasteiger partial charge is 0.150 e. The third-order valence-corrected chi connectivity index (χ3v) is 5.24. The summed E-state index contributed by atoms with van der Waals surface area (Å²) >= 11 is 1.60. The fourth-order valence-electron chi connectivity index (χ4n) is 3.31. The number of anilines is 1. The third kappa shape index (κ3) is 2.10. The average Bonchev–Trinajstić information content (AvgIpc) is 2.92. The third-order valence-electron chi connectivity index (χ3n) is 4.42. The molecule has 1 aromatic carbocycles. The van der Waals surface area contributed by atoms with Crippen molar-refractivity contribution in [1.82, 2.24) is 9.69 Å². The molecule has 1 N–H and O–H groups in total. The molecule has 106 valence electrons. The first-order valence-corrected chi connectivity index (χ1v) is 8.08. The van der Waals surface area contributed by atoms with Crippen LogP contribution in [0.1, 0.15) is 12.8 Å². The van der Waals surface area contributed by atoms with Gasteiger partial charge in [-0.05, 0) is 49.6 Å². The number of nitrogens with one attached hydrogen (secondary N) is 1. The van der Waals surface area contributed by atoms with Gasteiger partial charge < -0.3 is 15.0 Å². The van der Waals surface area contributed by atoms with Crippen molar-refractivity contribution >= 4 is 27.4 Å². The number of fused-ring (bicyclic) bond motifs is 1. The summed E-state index contributed by atoms with van der Waals surface area (Å²) in [6, 6.07) is 8.51. The number of morpholine rings is 1. The maximum atomic E-state index is 6.14. The van der Waals surface area contributed by atoms with Gasteiger partial charge in [0.05, 0.1) is 16.9 Å². The molecular formula is C15H19N3OS. The zero-order valence-corrected chi connectivity index (χ0v) is 12.3. The van der Waals surface area contributed by atoms with Crippen LogP contribution in [0, 0.1) is 0 Å². The predicted molar refractivity (Wildman–Crippen MR) is 82.6 cm³/mol. The van der Waals surface area contributed by atoms with Gasteiger partial charge in [0.1, 0.15) is 5.82 Å². The maximum Gasteiger partial charge on any atom is 0.150 e. The van der Waals surface area contributed by atoms with E-state index in [0.29, 0.717) is 0 Å². The number of piperidine rings is 1. The maximum absolute atomic E-state index is 6.14. The largest absolute Gasteiger partial charge is 0.371 e. The van der Waals surface area contributed by atoms with Crippen LogP contribution in [-0.2, 0) is 4.74 Å². The first-order valence-electron chi connectivity index (χ1n) is 7.30. The van der Waals surface area contributed by atoms with E-state index >= 15 is 0 Å². The van der Waals surface area contributed by atoms with Gasteiger partial charge in [0.25, 0.3) is 0 Å². The van der Waals surface area contributed by atoms with Gasteiger partial charge in [-0.2, -0.15) is 4.37 Å². The zero-order valence-electron chi connectivity index (χ0n) is 11.5. The number of rotatable bonds is 1. The molecule has 4 nitrogen and oxygen atoms in total. The van der Waals surface area contributed by atoms with Crippen molar-refractivity contribution in [3.63, 3.8) is 0 Å². The fraction of sp³-hybridized carbons (Fsp3) is 0.533. The van der Waals surface area contributed by atoms with Crippen molar-refractivity contribution in [2.24, 2.45) is 0 Å². The van der Waals surface area contributed by atoms with Gasteiger partial charge in [-0.3, -0.25) is 0 Å². The highest BCUT2D eigenvalue weighted by Gasteiger charge is 2.38. The van der Waals surface area contributed by atoms with E-state index in [4.69, 9.17) is 9.11 Å². The lowest BCUT2D eigenvalue weighted by molar-refractivity contribution is -0.0739. The summed E-state index contributed by atoms with van der Waals surface area (Å²) in [6.45, 7) is 4.86. The summed E-state index contributed by atoms with van der Waals surface area (Å²) in [4.78, 5) is 2.42. The first kappa shape index (κ1) is 12.6. The Morgan fingerprint density at radius 3 is 3.00 bits per heavy atom. The molecule has 2 fully saturated rings. The minimum absolute atomic E-state index is 0.0359. The van der Waals surface area contributed by atoms with Crippen LogP contribution >= 0.6 is 11.5 Å². The van der Waals surface area contributed by atoms with E-state index < -0.39 is 0 Å². The van der Waals surface area contributed by atoms with Crippen LogP contribution in [-0.4, -0.2) is 42.8 Å². The van der Waals surface area contributed by atoms with Crippen LogP contribution in [0.15, 0.2) is 24.3 Å². The quantitative estimate of drug-likeness (QED) is 0.874. The normalized spacial score (nSPS) is 22.5. The molecule has 0 unspecified atom stereocenters. The van der Waals surface area contributed by atoms with Gasteiger partial charge in [0.2, 0.25) is 0 Å². The number of hydrogen-bond donors (Lipinski definition) is 1. The Morgan fingerprint density at radius 1 is 1.25 bits per heavy atom. The molecule has 20 heavy (non-hydrogen) atoms. The summed E-state index contributed by atoms with van der Waals surface area (Å²) in [5.41, 5.74) is 0.0359. The van der Waals surface area contributed by atoms with Crippen LogP contribution in [0.3, 0.4) is 0 Å². The number of hydrogen-bond acceptors (Lipinski definition) is 5. The summed E-state index contributed by atoms with van der Waals surface area (Å²) in [6.07, 6.45) is 2.21. The molecule has 0 atom stereocenters. The monoisotopic (exact) mass is 289 g/mol. The lowest BCUT2D eigenvalue weighted by atomic mass is 9.90. The SMILES string of the molecule is c1ccc2c(N3CCOC4(CCNCC4)C3)nsc2c1. The van der Waals surface area contributed by atoms with Crippen LogP contribution in [0.5, 0.6) is 0 Å². The molecule has 0 amide bonds. The van der Waals surface area contributed by atoms with Gasteiger partial charge in [0, 0.05) is 18.5 Å². The molecule has 0 aliphatic carbocycles. The summed E-state index contributed by atoms with van der Waals surface area (Å²) in [5.74, 6) is 1.15. The minimum Gasteiger partial charge on any atom is -0.371 e. The molecule has 0 bridgehead atoms. The van der Waals surface area contributed by atoms with E-state index in [9.17, 15) is 0 Å². The Bertz CT molecular complexity index is 600. The second kappa shape index (κ2) is 4.98. The van der Waals surface area contributed by atoms with E-state index in [1.165, 1.54) is 10.1 Å². The Hall–Kier alpha value is -1.17. The number of benzene rings is 1. The molecule has 0 saturated carbocycles. The van der Waals surface area contributed by atoms with Gasteiger partial charge in [0.15, 0.2) is 0 Å². The first-order chi connectivity index (χ1) is 9.86. The van der Waals surface area contributed by atoms with E-state index in [0.717, 1.165) is 51.4 Å². The second-order valence-corrected chi connectivity index (χ2v) is 6.51. The van der Waals surface area contributed by atoms with E-state index in [1.807, 2.05) is 0 Å². The van der Waals surface area contributed by atoms with Crippen LogP contribution in [0.25, 0.3) is 10.1 Å². The second-order valence-electron chi connectivity index (χ2n) is 5.71. The van der Waals surface area contributed by atoms with Gasteiger partial charge in [-0.15, -0.1) is 0 Å². The Labute approximate surface area is 122 Å². The minimum atomic E-state index is 0.0359. The highest BCUT2D eigenvalue weighted by Crippen LogP contribution is 2.34.